The summed E-state index contributed by atoms with van der Waals surface area (Å²) in [4.78, 5) is 24.0. The fourth-order valence-electron chi connectivity index (χ4n) is 4.77. The van der Waals surface area contributed by atoms with Gasteiger partial charge >= 0.3 is 0 Å². The van der Waals surface area contributed by atoms with Crippen molar-refractivity contribution in [3.63, 3.8) is 0 Å². The lowest BCUT2D eigenvalue weighted by molar-refractivity contribution is -0.116. The number of hydrogen-bond acceptors (Lipinski definition) is 9. The summed E-state index contributed by atoms with van der Waals surface area (Å²) >= 11 is 0. The first kappa shape index (κ1) is 29.1. The van der Waals surface area contributed by atoms with E-state index in [2.05, 4.69) is 30.2 Å². The number of sulfonamides is 1. The van der Waals surface area contributed by atoms with Gasteiger partial charge in [-0.1, -0.05) is 24.6 Å². The molecule has 4 aromatic rings. The number of likely N-dealkylation sites (tertiary alicyclic amines) is 1. The normalized spacial score (nSPS) is 13.9. The van der Waals surface area contributed by atoms with E-state index in [4.69, 9.17) is 9.47 Å². The molecule has 12 heteroatoms. The zero-order valence-electron chi connectivity index (χ0n) is 23.6. The molecule has 1 amide bonds. The first-order valence-corrected chi connectivity index (χ1v) is 15.2. The monoisotopic (exact) mass is 590 g/mol. The molecule has 3 N–H and O–H groups in total. The van der Waals surface area contributed by atoms with Crippen molar-refractivity contribution in [2.45, 2.75) is 30.6 Å². The van der Waals surface area contributed by atoms with Gasteiger partial charge in [-0.15, -0.1) is 0 Å². The first-order valence-electron chi connectivity index (χ1n) is 13.7. The Morgan fingerprint density at radius 2 is 1.50 bits per heavy atom. The Morgan fingerprint density at radius 1 is 0.833 bits per heavy atom. The summed E-state index contributed by atoms with van der Waals surface area (Å²) in [6.45, 7) is 2.69. The van der Waals surface area contributed by atoms with Crippen LogP contribution in [0.4, 0.5) is 23.0 Å². The highest BCUT2D eigenvalue weighted by molar-refractivity contribution is 7.92. The van der Waals surface area contributed by atoms with Gasteiger partial charge in [0.25, 0.3) is 10.0 Å². The number of rotatable bonds is 11. The lowest BCUT2D eigenvalue weighted by atomic mass is 10.1. The molecular formula is C30H34N6O5S. The molecule has 1 fully saturated rings. The molecule has 0 spiro atoms. The minimum atomic E-state index is -4.11. The quantitative estimate of drug-likeness (QED) is 0.220. The summed E-state index contributed by atoms with van der Waals surface area (Å²) in [5.41, 5.74) is 2.05. The van der Waals surface area contributed by atoms with Gasteiger partial charge in [0, 0.05) is 42.5 Å². The van der Waals surface area contributed by atoms with E-state index in [1.807, 2.05) is 6.07 Å². The Hall–Kier alpha value is -4.42. The van der Waals surface area contributed by atoms with Gasteiger partial charge in [0.15, 0.2) is 11.6 Å². The summed E-state index contributed by atoms with van der Waals surface area (Å²) in [5.74, 6) is 1.12. The van der Waals surface area contributed by atoms with Gasteiger partial charge in [-0.2, -0.15) is 0 Å². The molecular weight excluding hydrogens is 556 g/mol. The summed E-state index contributed by atoms with van der Waals surface area (Å²) in [7, 11) is -1.03. The Kier molecular flexibility index (Phi) is 9.03. The molecule has 0 bridgehead atoms. The average molecular weight is 591 g/mol. The highest BCUT2D eigenvalue weighted by Gasteiger charge is 2.20. The fraction of sp³-hybridized carbons (Fsp3) is 0.300. The number of anilines is 4. The Labute approximate surface area is 245 Å². The molecule has 220 valence electrons. The topological polar surface area (TPSA) is 135 Å². The summed E-state index contributed by atoms with van der Waals surface area (Å²) in [6, 6.07) is 18.5. The molecule has 0 radical (unpaired) electrons. The molecule has 2 heterocycles. The third-order valence-corrected chi connectivity index (χ3v) is 8.28. The van der Waals surface area contributed by atoms with Crippen LogP contribution in [0.15, 0.2) is 71.6 Å². The van der Waals surface area contributed by atoms with E-state index in [1.165, 1.54) is 18.6 Å². The molecule has 1 aromatic heterocycles. The number of carbonyl (C=O) groups is 1. The van der Waals surface area contributed by atoms with Gasteiger partial charge < -0.3 is 25.0 Å². The second kappa shape index (κ2) is 13.0. The second-order valence-electron chi connectivity index (χ2n) is 9.97. The molecule has 5 rings (SSSR count). The number of fused-ring (bicyclic) bond motifs is 1. The van der Waals surface area contributed by atoms with Gasteiger partial charge in [-0.25, -0.2) is 18.4 Å². The number of nitrogens with zero attached hydrogens (tertiary/aromatic N) is 3. The third-order valence-electron chi connectivity index (χ3n) is 6.95. The highest BCUT2D eigenvalue weighted by atomic mass is 32.2. The Bertz CT molecular complexity index is 1650. The largest absolute Gasteiger partial charge is 0.497 e. The predicted octanol–water partition coefficient (Wildman–Crippen LogP) is 5.01. The molecule has 0 saturated carbocycles. The van der Waals surface area contributed by atoms with Crippen LogP contribution in [0, 0.1) is 0 Å². The maximum absolute atomic E-state index is 13.5. The van der Waals surface area contributed by atoms with Gasteiger partial charge in [0.1, 0.15) is 11.5 Å². The van der Waals surface area contributed by atoms with Crippen LogP contribution in [0.25, 0.3) is 11.0 Å². The van der Waals surface area contributed by atoms with Gasteiger partial charge in [-0.05, 0) is 56.3 Å². The maximum Gasteiger partial charge on any atom is 0.263 e. The Balaban J connectivity index is 1.38. The van der Waals surface area contributed by atoms with Crippen molar-refractivity contribution in [2.24, 2.45) is 0 Å². The number of aromatic nitrogens is 2. The van der Waals surface area contributed by atoms with E-state index in [1.54, 1.807) is 62.8 Å². The number of ether oxygens (including phenoxy) is 2. The zero-order chi connectivity index (χ0) is 29.5. The number of hydrogen-bond donors (Lipinski definition) is 3. The van der Waals surface area contributed by atoms with Crippen LogP contribution >= 0.6 is 0 Å². The average Bonchev–Trinajstić information content (AvgIpc) is 3.00. The lowest BCUT2D eigenvalue weighted by Gasteiger charge is -2.25. The summed E-state index contributed by atoms with van der Waals surface area (Å²) in [6.07, 6.45) is 3.88. The van der Waals surface area contributed by atoms with E-state index in [0.717, 1.165) is 25.9 Å². The van der Waals surface area contributed by atoms with Crippen LogP contribution in [0.3, 0.4) is 0 Å². The number of piperidine rings is 1. The van der Waals surface area contributed by atoms with Crippen molar-refractivity contribution in [1.29, 1.82) is 0 Å². The van der Waals surface area contributed by atoms with Gasteiger partial charge in [0.2, 0.25) is 5.91 Å². The van der Waals surface area contributed by atoms with Gasteiger partial charge in [0.05, 0.1) is 30.1 Å². The number of methoxy groups -OCH3 is 2. The standard InChI is InChI=1S/C30H34N6O5S/c1-40-23-17-22(18-24(20-23)41-2)32-29-30(34-27-12-5-4-11-26(27)33-29)35-42(38,39)25-10-8-9-21(19-25)31-28(37)13-16-36-14-6-3-7-15-36/h4-5,8-12,17-20H,3,6-7,13-16H2,1-2H3,(H,31,37)(H,32,33)(H,34,35). The molecule has 0 aliphatic carbocycles. The first-order chi connectivity index (χ1) is 20.3. The third kappa shape index (κ3) is 7.25. The minimum Gasteiger partial charge on any atom is -0.497 e. The molecule has 3 aromatic carbocycles. The number of nitrogens with one attached hydrogen (secondary N) is 3. The van der Waals surface area contributed by atoms with Crippen molar-refractivity contribution in [1.82, 2.24) is 14.9 Å². The van der Waals surface area contributed by atoms with Crippen LogP contribution in [-0.2, 0) is 14.8 Å². The molecule has 0 atom stereocenters. The van der Waals surface area contributed by atoms with Crippen molar-refractivity contribution >= 4 is 50.0 Å². The van der Waals surface area contributed by atoms with Crippen LogP contribution in [-0.4, -0.2) is 63.0 Å². The molecule has 1 aliphatic heterocycles. The van der Waals surface area contributed by atoms with Crippen LogP contribution in [0.5, 0.6) is 11.5 Å². The van der Waals surface area contributed by atoms with Crippen LogP contribution in [0.1, 0.15) is 25.7 Å². The van der Waals surface area contributed by atoms with E-state index in [0.29, 0.717) is 46.9 Å². The highest BCUT2D eigenvalue weighted by Crippen LogP contribution is 2.31. The molecule has 1 aliphatic rings. The molecule has 42 heavy (non-hydrogen) atoms. The molecule has 11 nitrogen and oxygen atoms in total. The van der Waals surface area contributed by atoms with Crippen molar-refractivity contribution in [3.05, 3.63) is 66.7 Å². The van der Waals surface area contributed by atoms with E-state index >= 15 is 0 Å². The minimum absolute atomic E-state index is 0.00598. The fourth-order valence-corrected chi connectivity index (χ4v) is 5.82. The smallest absolute Gasteiger partial charge is 0.263 e. The predicted molar refractivity (Wildman–Crippen MR) is 163 cm³/mol. The molecule has 0 unspecified atom stereocenters. The van der Waals surface area contributed by atoms with E-state index < -0.39 is 10.0 Å². The Morgan fingerprint density at radius 3 is 2.17 bits per heavy atom. The maximum atomic E-state index is 13.5. The molecule has 1 saturated heterocycles. The number of benzene rings is 3. The van der Waals surface area contributed by atoms with Crippen molar-refractivity contribution in [2.75, 3.05) is 49.2 Å². The van der Waals surface area contributed by atoms with Crippen molar-refractivity contribution < 1.29 is 22.7 Å². The number of para-hydroxylation sites is 2. The van der Waals surface area contributed by atoms with Crippen LogP contribution < -0.4 is 24.8 Å². The van der Waals surface area contributed by atoms with Crippen molar-refractivity contribution in [3.8, 4) is 11.5 Å². The summed E-state index contributed by atoms with van der Waals surface area (Å²) < 4.78 is 40.4. The van der Waals surface area contributed by atoms with Crippen LogP contribution in [0.2, 0.25) is 0 Å². The second-order valence-corrected chi connectivity index (χ2v) is 11.7. The number of amides is 1. The SMILES string of the molecule is COc1cc(Nc2nc3ccccc3nc2NS(=O)(=O)c2cccc(NC(=O)CCN3CCCCC3)c2)cc(OC)c1. The lowest BCUT2D eigenvalue weighted by Crippen LogP contribution is -2.32. The zero-order valence-corrected chi connectivity index (χ0v) is 24.4. The summed E-state index contributed by atoms with van der Waals surface area (Å²) in [5, 5.41) is 5.97. The number of carbonyl (C=O) groups excluding carboxylic acids is 1. The van der Waals surface area contributed by atoms with E-state index in [9.17, 15) is 13.2 Å². The van der Waals surface area contributed by atoms with E-state index in [-0.39, 0.29) is 22.4 Å². The van der Waals surface area contributed by atoms with Gasteiger partial charge in [-0.3, -0.25) is 9.52 Å².